The molecule has 0 heterocycles. The van der Waals surface area contributed by atoms with E-state index < -0.39 is 36.1 Å². The van der Waals surface area contributed by atoms with Crippen molar-refractivity contribution >= 4 is 17.7 Å². The summed E-state index contributed by atoms with van der Waals surface area (Å²) >= 11 is 0. The summed E-state index contributed by atoms with van der Waals surface area (Å²) in [7, 11) is 1.31. The molecule has 2 aromatic carbocycles. The van der Waals surface area contributed by atoms with Crippen LogP contribution < -0.4 is 14.8 Å². The number of hydrogen-bond donors (Lipinski definition) is 1. The molecule has 0 bridgehead atoms. The van der Waals surface area contributed by atoms with Gasteiger partial charge in [-0.2, -0.15) is 0 Å². The van der Waals surface area contributed by atoms with Gasteiger partial charge in [0.1, 0.15) is 11.8 Å². The van der Waals surface area contributed by atoms with Gasteiger partial charge in [0, 0.05) is 5.56 Å². The summed E-state index contributed by atoms with van der Waals surface area (Å²) in [4.78, 5) is 36.7. The van der Waals surface area contributed by atoms with Crippen LogP contribution in [0, 0.1) is 11.7 Å². The van der Waals surface area contributed by atoms with Gasteiger partial charge < -0.3 is 19.5 Å². The van der Waals surface area contributed by atoms with E-state index in [2.05, 4.69) is 5.32 Å². The predicted octanol–water partition coefficient (Wildman–Crippen LogP) is 2.78. The second kappa shape index (κ2) is 10.9. The number of methoxy groups -OCH3 is 1. The summed E-state index contributed by atoms with van der Waals surface area (Å²) in [5, 5.41) is 2.55. The molecule has 1 atom stereocenters. The molecule has 160 valence electrons. The van der Waals surface area contributed by atoms with Crippen molar-refractivity contribution in [3.05, 3.63) is 59.9 Å². The fourth-order valence-corrected chi connectivity index (χ4v) is 2.53. The zero-order valence-corrected chi connectivity index (χ0v) is 17.0. The molecular formula is C22H24FNO6. The zero-order valence-electron chi connectivity index (χ0n) is 17.0. The van der Waals surface area contributed by atoms with Gasteiger partial charge in [0.25, 0.3) is 5.91 Å². The summed E-state index contributed by atoms with van der Waals surface area (Å²) in [5.41, 5.74) is 0.0440. The quantitative estimate of drug-likeness (QED) is 0.472. The molecule has 2 aromatic rings. The van der Waals surface area contributed by atoms with E-state index in [9.17, 15) is 18.8 Å². The number of Topliss-reactive ketones (excluding diaryl/α,β-unsaturated/α-hetero) is 1. The first-order valence-corrected chi connectivity index (χ1v) is 9.32. The van der Waals surface area contributed by atoms with Crippen molar-refractivity contribution in [2.45, 2.75) is 19.9 Å². The highest BCUT2D eigenvalue weighted by Gasteiger charge is 2.26. The summed E-state index contributed by atoms with van der Waals surface area (Å²) in [6, 6.07) is 11.5. The molecule has 7 nitrogen and oxygen atoms in total. The maximum absolute atomic E-state index is 13.7. The lowest BCUT2D eigenvalue weighted by Gasteiger charge is -2.20. The fraction of sp³-hybridized carbons (Fsp3) is 0.318. The molecular weight excluding hydrogens is 393 g/mol. The number of ketones is 1. The molecule has 0 saturated carbocycles. The SMILES string of the molecule is COc1ccc(C(=O)COC(=O)[C@@H](NC(=O)COc2ccccc2)C(C)C)cc1F. The van der Waals surface area contributed by atoms with Crippen LogP contribution in [0.4, 0.5) is 4.39 Å². The summed E-state index contributed by atoms with van der Waals surface area (Å²) < 4.78 is 28.9. The second-order valence-electron chi connectivity index (χ2n) is 6.77. The number of hydrogen-bond acceptors (Lipinski definition) is 6. The highest BCUT2D eigenvalue weighted by Crippen LogP contribution is 2.18. The molecule has 0 aliphatic heterocycles. The lowest BCUT2D eigenvalue weighted by Crippen LogP contribution is -2.47. The minimum absolute atomic E-state index is 0.00357. The van der Waals surface area contributed by atoms with E-state index in [0.29, 0.717) is 5.75 Å². The van der Waals surface area contributed by atoms with Crippen molar-refractivity contribution in [1.29, 1.82) is 0 Å². The third-order valence-electron chi connectivity index (χ3n) is 4.17. The number of carbonyl (C=O) groups excluding carboxylic acids is 3. The van der Waals surface area contributed by atoms with Crippen LogP contribution in [0.2, 0.25) is 0 Å². The number of para-hydroxylation sites is 1. The van der Waals surface area contributed by atoms with Crippen LogP contribution in [-0.2, 0) is 14.3 Å². The first-order chi connectivity index (χ1) is 14.3. The summed E-state index contributed by atoms with van der Waals surface area (Å²) in [6.07, 6.45) is 0. The van der Waals surface area contributed by atoms with Gasteiger partial charge in [0.15, 0.2) is 30.6 Å². The Balaban J connectivity index is 1.89. The number of ether oxygens (including phenoxy) is 3. The van der Waals surface area contributed by atoms with Gasteiger partial charge >= 0.3 is 5.97 Å². The van der Waals surface area contributed by atoms with Gasteiger partial charge in [-0.05, 0) is 36.2 Å². The van der Waals surface area contributed by atoms with Crippen molar-refractivity contribution in [3.8, 4) is 11.5 Å². The predicted molar refractivity (Wildman–Crippen MR) is 107 cm³/mol. The van der Waals surface area contributed by atoms with Crippen LogP contribution in [0.3, 0.4) is 0 Å². The third-order valence-corrected chi connectivity index (χ3v) is 4.17. The first-order valence-electron chi connectivity index (χ1n) is 9.32. The lowest BCUT2D eigenvalue weighted by molar-refractivity contribution is -0.148. The maximum Gasteiger partial charge on any atom is 0.329 e. The monoisotopic (exact) mass is 417 g/mol. The molecule has 8 heteroatoms. The highest BCUT2D eigenvalue weighted by molar-refractivity contribution is 5.98. The number of halogens is 1. The fourth-order valence-electron chi connectivity index (χ4n) is 2.53. The molecule has 1 amide bonds. The number of nitrogens with one attached hydrogen (secondary N) is 1. The van der Waals surface area contributed by atoms with E-state index in [1.807, 2.05) is 6.07 Å². The van der Waals surface area contributed by atoms with Gasteiger partial charge in [0.2, 0.25) is 0 Å². The van der Waals surface area contributed by atoms with Crippen molar-refractivity contribution in [2.75, 3.05) is 20.3 Å². The van der Waals surface area contributed by atoms with E-state index in [1.54, 1.807) is 38.1 Å². The standard InChI is InChI=1S/C22H24FNO6/c1-14(2)21(24-20(26)13-29-16-7-5-4-6-8-16)22(27)30-12-18(25)15-9-10-19(28-3)17(23)11-15/h4-11,14,21H,12-13H2,1-3H3,(H,24,26)/t21-/m0/s1. The number of esters is 1. The number of carbonyl (C=O) groups is 3. The third kappa shape index (κ3) is 6.58. The molecule has 0 aliphatic carbocycles. The van der Waals surface area contributed by atoms with E-state index in [-0.39, 0.29) is 23.8 Å². The zero-order chi connectivity index (χ0) is 22.1. The van der Waals surface area contributed by atoms with Crippen molar-refractivity contribution in [2.24, 2.45) is 5.92 Å². The van der Waals surface area contributed by atoms with Gasteiger partial charge in [-0.15, -0.1) is 0 Å². The Morgan fingerprint density at radius 3 is 2.33 bits per heavy atom. The van der Waals surface area contributed by atoms with Crippen LogP contribution in [0.1, 0.15) is 24.2 Å². The smallest absolute Gasteiger partial charge is 0.329 e. The minimum atomic E-state index is -0.961. The molecule has 1 N–H and O–H groups in total. The molecule has 0 unspecified atom stereocenters. The van der Waals surface area contributed by atoms with Crippen LogP contribution >= 0.6 is 0 Å². The lowest BCUT2D eigenvalue weighted by atomic mass is 10.0. The molecule has 0 radical (unpaired) electrons. The molecule has 2 rings (SSSR count). The van der Waals surface area contributed by atoms with Crippen LogP contribution in [-0.4, -0.2) is 44.0 Å². The normalized spacial score (nSPS) is 11.5. The minimum Gasteiger partial charge on any atom is -0.494 e. The van der Waals surface area contributed by atoms with E-state index in [0.717, 1.165) is 6.07 Å². The average molecular weight is 417 g/mol. The van der Waals surface area contributed by atoms with E-state index >= 15 is 0 Å². The number of amides is 1. The molecule has 0 aromatic heterocycles. The molecule has 0 fully saturated rings. The van der Waals surface area contributed by atoms with E-state index in [4.69, 9.17) is 14.2 Å². The first kappa shape index (κ1) is 22.9. The van der Waals surface area contributed by atoms with Gasteiger partial charge in [-0.1, -0.05) is 32.0 Å². The average Bonchev–Trinajstić information content (AvgIpc) is 2.74. The summed E-state index contributed by atoms with van der Waals surface area (Å²) in [6.45, 7) is 2.60. The molecule has 0 spiro atoms. The largest absolute Gasteiger partial charge is 0.494 e. The topological polar surface area (TPSA) is 90.9 Å². The van der Waals surface area contributed by atoms with E-state index in [1.165, 1.54) is 19.2 Å². The van der Waals surface area contributed by atoms with Gasteiger partial charge in [0.05, 0.1) is 7.11 Å². The molecule has 0 saturated heterocycles. The van der Waals surface area contributed by atoms with Crippen molar-refractivity contribution in [3.63, 3.8) is 0 Å². The Hall–Kier alpha value is -3.42. The Bertz CT molecular complexity index is 884. The van der Waals surface area contributed by atoms with Crippen LogP contribution in [0.5, 0.6) is 11.5 Å². The highest BCUT2D eigenvalue weighted by atomic mass is 19.1. The number of rotatable bonds is 10. The maximum atomic E-state index is 13.7. The summed E-state index contributed by atoms with van der Waals surface area (Å²) in [5.74, 6) is -2.30. The Labute approximate surface area is 174 Å². The van der Waals surface area contributed by atoms with Crippen LogP contribution in [0.15, 0.2) is 48.5 Å². The van der Waals surface area contributed by atoms with Crippen molar-refractivity contribution in [1.82, 2.24) is 5.32 Å². The Morgan fingerprint density at radius 2 is 1.73 bits per heavy atom. The van der Waals surface area contributed by atoms with Crippen LogP contribution in [0.25, 0.3) is 0 Å². The Kier molecular flexibility index (Phi) is 8.34. The van der Waals surface area contributed by atoms with Gasteiger partial charge in [-0.25, -0.2) is 9.18 Å². The molecule has 0 aliphatic rings. The van der Waals surface area contributed by atoms with Gasteiger partial charge in [-0.3, -0.25) is 9.59 Å². The molecule has 30 heavy (non-hydrogen) atoms. The Morgan fingerprint density at radius 1 is 1.03 bits per heavy atom. The second-order valence-corrected chi connectivity index (χ2v) is 6.77. The van der Waals surface area contributed by atoms with Crippen molar-refractivity contribution < 1.29 is 33.0 Å². The number of benzene rings is 2.